The summed E-state index contributed by atoms with van der Waals surface area (Å²) in [5.74, 6) is 0.440. The SMILES string of the molecule is CCC(CCNC(=O)NC(CC)CC1CC1)CCC(=O)O. The zero-order valence-corrected chi connectivity index (χ0v) is 13.4. The molecule has 5 heteroatoms. The van der Waals surface area contributed by atoms with Gasteiger partial charge < -0.3 is 15.7 Å². The number of carboxylic acid groups (broad SMARTS) is 1. The largest absolute Gasteiger partial charge is 0.481 e. The molecule has 0 aromatic rings. The van der Waals surface area contributed by atoms with Gasteiger partial charge in [0.25, 0.3) is 0 Å². The number of carbonyl (C=O) groups is 2. The van der Waals surface area contributed by atoms with Crippen LogP contribution in [0.3, 0.4) is 0 Å². The second kappa shape index (κ2) is 9.64. The van der Waals surface area contributed by atoms with Crippen molar-refractivity contribution in [3.8, 4) is 0 Å². The fraction of sp³-hybridized carbons (Fsp3) is 0.875. The lowest BCUT2D eigenvalue weighted by atomic mass is 9.97. The number of hydrogen-bond donors (Lipinski definition) is 3. The third-order valence-electron chi connectivity index (χ3n) is 4.32. The monoisotopic (exact) mass is 298 g/mol. The zero-order valence-electron chi connectivity index (χ0n) is 13.4. The van der Waals surface area contributed by atoms with E-state index in [9.17, 15) is 9.59 Å². The van der Waals surface area contributed by atoms with Gasteiger partial charge in [-0.3, -0.25) is 4.79 Å². The van der Waals surface area contributed by atoms with Gasteiger partial charge in [0, 0.05) is 19.0 Å². The van der Waals surface area contributed by atoms with Gasteiger partial charge in [-0.05, 0) is 37.5 Å². The van der Waals surface area contributed by atoms with Crippen LogP contribution in [0, 0.1) is 11.8 Å². The van der Waals surface area contributed by atoms with Crippen molar-refractivity contribution in [3.05, 3.63) is 0 Å². The second-order valence-corrected chi connectivity index (χ2v) is 6.18. The molecule has 0 heterocycles. The van der Waals surface area contributed by atoms with Crippen LogP contribution < -0.4 is 10.6 Å². The Hall–Kier alpha value is -1.26. The molecule has 0 spiro atoms. The van der Waals surface area contributed by atoms with Gasteiger partial charge in [0.2, 0.25) is 0 Å². The fourth-order valence-electron chi connectivity index (χ4n) is 2.59. The lowest BCUT2D eigenvalue weighted by Crippen LogP contribution is -2.42. The molecule has 2 amide bonds. The van der Waals surface area contributed by atoms with E-state index >= 15 is 0 Å². The number of aliphatic carboxylic acids is 1. The molecule has 0 aromatic heterocycles. The highest BCUT2D eigenvalue weighted by molar-refractivity contribution is 5.74. The summed E-state index contributed by atoms with van der Waals surface area (Å²) in [4.78, 5) is 22.4. The molecule has 5 nitrogen and oxygen atoms in total. The van der Waals surface area contributed by atoms with Crippen molar-refractivity contribution in [1.82, 2.24) is 10.6 Å². The molecule has 21 heavy (non-hydrogen) atoms. The fourth-order valence-corrected chi connectivity index (χ4v) is 2.59. The number of carboxylic acids is 1. The van der Waals surface area contributed by atoms with Crippen LogP contribution in [-0.4, -0.2) is 29.7 Å². The van der Waals surface area contributed by atoms with Gasteiger partial charge in [-0.1, -0.05) is 33.1 Å². The molecule has 0 bridgehead atoms. The Morgan fingerprint density at radius 2 is 1.90 bits per heavy atom. The molecular weight excluding hydrogens is 268 g/mol. The molecule has 1 saturated carbocycles. The summed E-state index contributed by atoms with van der Waals surface area (Å²) < 4.78 is 0. The Bertz CT molecular complexity index is 329. The molecule has 2 unspecified atom stereocenters. The van der Waals surface area contributed by atoms with E-state index in [0.717, 1.165) is 31.6 Å². The number of hydrogen-bond acceptors (Lipinski definition) is 2. The van der Waals surface area contributed by atoms with E-state index in [-0.39, 0.29) is 18.5 Å². The van der Waals surface area contributed by atoms with Crippen LogP contribution in [0.15, 0.2) is 0 Å². The lowest BCUT2D eigenvalue weighted by molar-refractivity contribution is -0.137. The van der Waals surface area contributed by atoms with Gasteiger partial charge in [-0.25, -0.2) is 4.79 Å². The van der Waals surface area contributed by atoms with Crippen LogP contribution in [0.5, 0.6) is 0 Å². The molecule has 0 saturated heterocycles. The molecule has 2 atom stereocenters. The molecule has 122 valence electrons. The predicted molar refractivity (Wildman–Crippen MR) is 83.2 cm³/mol. The summed E-state index contributed by atoms with van der Waals surface area (Å²) in [7, 11) is 0. The van der Waals surface area contributed by atoms with E-state index < -0.39 is 5.97 Å². The molecule has 0 aromatic carbocycles. The molecule has 0 aliphatic heterocycles. The highest BCUT2D eigenvalue weighted by Gasteiger charge is 2.25. The molecule has 0 radical (unpaired) electrons. The first-order valence-electron chi connectivity index (χ1n) is 8.31. The molecular formula is C16H30N2O3. The van der Waals surface area contributed by atoms with Crippen LogP contribution in [-0.2, 0) is 4.79 Å². The summed E-state index contributed by atoms with van der Waals surface area (Å²) in [5.41, 5.74) is 0. The van der Waals surface area contributed by atoms with Gasteiger partial charge in [0.15, 0.2) is 0 Å². The molecule has 1 aliphatic rings. The smallest absolute Gasteiger partial charge is 0.315 e. The molecule has 1 rings (SSSR count). The van der Waals surface area contributed by atoms with E-state index in [2.05, 4.69) is 24.5 Å². The third-order valence-corrected chi connectivity index (χ3v) is 4.32. The van der Waals surface area contributed by atoms with Crippen molar-refractivity contribution < 1.29 is 14.7 Å². The van der Waals surface area contributed by atoms with Gasteiger partial charge >= 0.3 is 12.0 Å². The summed E-state index contributed by atoms with van der Waals surface area (Å²) in [6.07, 6.45) is 7.38. The average Bonchev–Trinajstić information content (AvgIpc) is 3.25. The topological polar surface area (TPSA) is 78.4 Å². The first-order chi connectivity index (χ1) is 10.0. The minimum atomic E-state index is -0.745. The highest BCUT2D eigenvalue weighted by atomic mass is 16.4. The number of rotatable bonds is 11. The minimum Gasteiger partial charge on any atom is -0.481 e. The van der Waals surface area contributed by atoms with Gasteiger partial charge in [-0.2, -0.15) is 0 Å². The zero-order chi connectivity index (χ0) is 15.7. The number of carbonyl (C=O) groups excluding carboxylic acids is 1. The summed E-state index contributed by atoms with van der Waals surface area (Å²) in [5, 5.41) is 14.6. The second-order valence-electron chi connectivity index (χ2n) is 6.18. The Kier molecular flexibility index (Phi) is 8.16. The highest BCUT2D eigenvalue weighted by Crippen LogP contribution is 2.33. The molecule has 1 aliphatic carbocycles. The van der Waals surface area contributed by atoms with E-state index in [0.29, 0.717) is 18.9 Å². The van der Waals surface area contributed by atoms with Crippen molar-refractivity contribution >= 4 is 12.0 Å². The minimum absolute atomic E-state index is 0.0874. The Labute approximate surface area is 127 Å². The van der Waals surface area contributed by atoms with Gasteiger partial charge in [0.1, 0.15) is 0 Å². The first-order valence-corrected chi connectivity index (χ1v) is 8.31. The Morgan fingerprint density at radius 3 is 2.43 bits per heavy atom. The number of urea groups is 1. The molecule has 3 N–H and O–H groups in total. The van der Waals surface area contributed by atoms with Crippen molar-refractivity contribution in [3.63, 3.8) is 0 Å². The van der Waals surface area contributed by atoms with Crippen LogP contribution in [0.4, 0.5) is 4.79 Å². The predicted octanol–water partition coefficient (Wildman–Crippen LogP) is 3.15. The van der Waals surface area contributed by atoms with Crippen LogP contribution >= 0.6 is 0 Å². The maximum atomic E-state index is 11.8. The molecule has 1 fully saturated rings. The maximum Gasteiger partial charge on any atom is 0.315 e. The van der Waals surface area contributed by atoms with Crippen LogP contribution in [0.25, 0.3) is 0 Å². The summed E-state index contributed by atoms with van der Waals surface area (Å²) in [6, 6.07) is 0.196. The normalized spacial score (nSPS) is 17.0. The average molecular weight is 298 g/mol. The first kappa shape index (κ1) is 17.8. The van der Waals surface area contributed by atoms with Gasteiger partial charge in [0.05, 0.1) is 0 Å². The lowest BCUT2D eigenvalue weighted by Gasteiger charge is -2.18. The van der Waals surface area contributed by atoms with Crippen LogP contribution in [0.1, 0.15) is 65.2 Å². The quantitative estimate of drug-likeness (QED) is 0.548. The van der Waals surface area contributed by atoms with E-state index in [1.54, 1.807) is 0 Å². The van der Waals surface area contributed by atoms with Crippen molar-refractivity contribution in [2.45, 2.75) is 71.3 Å². The van der Waals surface area contributed by atoms with Crippen LogP contribution in [0.2, 0.25) is 0 Å². The third kappa shape index (κ3) is 8.58. The van der Waals surface area contributed by atoms with Crippen molar-refractivity contribution in [1.29, 1.82) is 0 Å². The van der Waals surface area contributed by atoms with E-state index in [4.69, 9.17) is 5.11 Å². The van der Waals surface area contributed by atoms with Crippen molar-refractivity contribution in [2.24, 2.45) is 11.8 Å². The Morgan fingerprint density at radius 1 is 1.19 bits per heavy atom. The van der Waals surface area contributed by atoms with E-state index in [1.165, 1.54) is 12.8 Å². The standard InChI is InChI=1S/C16H30N2O3/c1-3-12(7-8-15(19)20)9-10-17-16(21)18-14(4-2)11-13-5-6-13/h12-14H,3-11H2,1-2H3,(H,19,20)(H2,17,18,21). The maximum absolute atomic E-state index is 11.8. The summed E-state index contributed by atoms with van der Waals surface area (Å²) in [6.45, 7) is 4.78. The number of amides is 2. The van der Waals surface area contributed by atoms with Crippen molar-refractivity contribution in [2.75, 3.05) is 6.54 Å². The summed E-state index contributed by atoms with van der Waals surface area (Å²) >= 11 is 0. The number of nitrogens with one attached hydrogen (secondary N) is 2. The van der Waals surface area contributed by atoms with E-state index in [1.807, 2.05) is 0 Å². The van der Waals surface area contributed by atoms with Gasteiger partial charge in [-0.15, -0.1) is 0 Å². The Balaban J connectivity index is 2.13.